The van der Waals surface area contributed by atoms with Crippen molar-refractivity contribution in [1.82, 2.24) is 0 Å². The van der Waals surface area contributed by atoms with Crippen LogP contribution in [0.5, 0.6) is 5.75 Å². The van der Waals surface area contributed by atoms with Crippen molar-refractivity contribution in [1.29, 1.82) is 0 Å². The summed E-state index contributed by atoms with van der Waals surface area (Å²) in [5.74, 6) is 0.636. The maximum atomic E-state index is 11.8. The molecule has 0 saturated heterocycles. The minimum absolute atomic E-state index is 0.0294. The third-order valence-corrected chi connectivity index (χ3v) is 13.4. The lowest BCUT2D eigenvalue weighted by atomic mass is 10.1. The SMILES string of the molecule is CCCCCN(CCCCO[Si](c1ccccc1)(c1ccccc1)C(C)(C)C)c1ccc(C=O)c(OCc2ccccc2)c1. The standard InChI is InChI=1S/C39H49NO3Si/c1-5-6-16-27-40(35-26-25-34(31-41)38(30-35)42-32-33-19-10-7-11-20-33)28-17-18-29-43-44(39(2,3)4,36-21-12-8-13-22-36)37-23-14-9-15-24-37/h7-15,19-26,30-31H,5-6,16-18,27-29,32H2,1-4H3. The van der Waals surface area contributed by atoms with Crippen molar-refractivity contribution in [2.45, 2.75) is 71.4 Å². The van der Waals surface area contributed by atoms with E-state index in [4.69, 9.17) is 9.16 Å². The van der Waals surface area contributed by atoms with Crippen molar-refractivity contribution >= 4 is 30.7 Å². The second-order valence-corrected chi connectivity index (χ2v) is 16.8. The highest BCUT2D eigenvalue weighted by Crippen LogP contribution is 2.37. The number of aldehydes is 1. The second-order valence-electron chi connectivity index (χ2n) is 12.5. The monoisotopic (exact) mass is 607 g/mol. The summed E-state index contributed by atoms with van der Waals surface area (Å²) in [7, 11) is -2.53. The molecule has 0 N–H and O–H groups in total. The molecule has 0 unspecified atom stereocenters. The molecule has 0 bridgehead atoms. The van der Waals surface area contributed by atoms with Crippen LogP contribution in [0.2, 0.25) is 5.04 Å². The van der Waals surface area contributed by atoms with Crippen molar-refractivity contribution in [2.75, 3.05) is 24.6 Å². The summed E-state index contributed by atoms with van der Waals surface area (Å²) in [6, 6.07) is 37.8. The summed E-state index contributed by atoms with van der Waals surface area (Å²) < 4.78 is 13.3. The Bertz CT molecular complexity index is 1360. The van der Waals surface area contributed by atoms with Crippen LogP contribution in [0.1, 0.15) is 75.7 Å². The van der Waals surface area contributed by atoms with E-state index in [2.05, 4.69) is 99.3 Å². The fourth-order valence-electron chi connectivity index (χ4n) is 5.99. The number of rotatable bonds is 17. The van der Waals surface area contributed by atoms with E-state index in [0.717, 1.165) is 49.9 Å². The summed E-state index contributed by atoms with van der Waals surface area (Å²) in [5.41, 5.74) is 2.76. The molecule has 0 aliphatic carbocycles. The van der Waals surface area contributed by atoms with Crippen LogP contribution in [0.4, 0.5) is 5.69 Å². The van der Waals surface area contributed by atoms with Crippen molar-refractivity contribution in [3.63, 3.8) is 0 Å². The smallest absolute Gasteiger partial charge is 0.261 e. The first-order valence-corrected chi connectivity index (χ1v) is 18.1. The summed E-state index contributed by atoms with van der Waals surface area (Å²) in [4.78, 5) is 14.3. The first-order valence-electron chi connectivity index (χ1n) is 16.1. The Morgan fingerprint density at radius 3 is 1.84 bits per heavy atom. The first-order chi connectivity index (χ1) is 21.4. The molecule has 0 amide bonds. The zero-order valence-electron chi connectivity index (χ0n) is 27.0. The molecule has 0 heterocycles. The largest absolute Gasteiger partial charge is 0.488 e. The van der Waals surface area contributed by atoms with Crippen LogP contribution in [0.3, 0.4) is 0 Å². The van der Waals surface area contributed by atoms with Crippen LogP contribution in [-0.2, 0) is 11.0 Å². The van der Waals surface area contributed by atoms with Gasteiger partial charge in [-0.1, -0.05) is 132 Å². The average Bonchev–Trinajstić information content (AvgIpc) is 3.05. The molecule has 0 atom stereocenters. The van der Waals surface area contributed by atoms with Gasteiger partial charge in [0.05, 0.1) is 5.56 Å². The maximum absolute atomic E-state index is 11.8. The summed E-state index contributed by atoms with van der Waals surface area (Å²) in [6.07, 6.45) is 6.36. The lowest BCUT2D eigenvalue weighted by Crippen LogP contribution is -2.66. The molecule has 44 heavy (non-hydrogen) atoms. The Balaban J connectivity index is 1.47. The minimum Gasteiger partial charge on any atom is -0.488 e. The normalized spacial score (nSPS) is 11.7. The molecule has 0 spiro atoms. The van der Waals surface area contributed by atoms with Gasteiger partial charge in [-0.2, -0.15) is 0 Å². The van der Waals surface area contributed by atoms with E-state index >= 15 is 0 Å². The highest BCUT2D eigenvalue weighted by atomic mass is 28.4. The van der Waals surface area contributed by atoms with Gasteiger partial charge >= 0.3 is 0 Å². The van der Waals surface area contributed by atoms with Crippen LogP contribution in [0, 0.1) is 0 Å². The van der Waals surface area contributed by atoms with E-state index in [1.807, 2.05) is 42.5 Å². The van der Waals surface area contributed by atoms with E-state index < -0.39 is 8.32 Å². The van der Waals surface area contributed by atoms with Gasteiger partial charge in [0, 0.05) is 31.5 Å². The summed E-state index contributed by atoms with van der Waals surface area (Å²) >= 11 is 0. The van der Waals surface area contributed by atoms with Gasteiger partial charge in [-0.3, -0.25) is 4.79 Å². The number of hydrogen-bond acceptors (Lipinski definition) is 4. The predicted octanol–water partition coefficient (Wildman–Crippen LogP) is 8.43. The van der Waals surface area contributed by atoms with Crippen LogP contribution in [-0.4, -0.2) is 34.3 Å². The number of carbonyl (C=O) groups is 1. The Morgan fingerprint density at radius 1 is 0.727 bits per heavy atom. The van der Waals surface area contributed by atoms with Gasteiger partial charge in [-0.25, -0.2) is 0 Å². The van der Waals surface area contributed by atoms with Gasteiger partial charge in [0.1, 0.15) is 12.4 Å². The molecule has 4 aromatic rings. The molecule has 4 rings (SSSR count). The van der Waals surface area contributed by atoms with Gasteiger partial charge in [-0.15, -0.1) is 0 Å². The fourth-order valence-corrected chi connectivity index (χ4v) is 10.6. The highest BCUT2D eigenvalue weighted by molar-refractivity contribution is 6.99. The third-order valence-electron chi connectivity index (χ3n) is 8.32. The fraction of sp³-hybridized carbons (Fsp3) is 0.359. The molecule has 0 aromatic heterocycles. The van der Waals surface area contributed by atoms with E-state index in [0.29, 0.717) is 24.5 Å². The summed E-state index contributed by atoms with van der Waals surface area (Å²) in [6.45, 7) is 12.3. The topological polar surface area (TPSA) is 38.8 Å². The number of carbonyl (C=O) groups excluding carboxylic acids is 1. The van der Waals surface area contributed by atoms with Crippen LogP contribution in [0.15, 0.2) is 109 Å². The molecule has 0 aliphatic rings. The quantitative estimate of drug-likeness (QED) is 0.0686. The number of anilines is 1. The predicted molar refractivity (Wildman–Crippen MR) is 187 cm³/mol. The summed E-state index contributed by atoms with van der Waals surface area (Å²) in [5, 5.41) is 2.61. The Kier molecular flexibility index (Phi) is 12.4. The number of ether oxygens (including phenoxy) is 1. The lowest BCUT2D eigenvalue weighted by Gasteiger charge is -2.43. The van der Waals surface area contributed by atoms with Crippen molar-refractivity contribution in [3.8, 4) is 5.75 Å². The lowest BCUT2D eigenvalue weighted by molar-refractivity contribution is 0.111. The van der Waals surface area contributed by atoms with Gasteiger partial charge in [-0.05, 0) is 52.4 Å². The molecule has 4 nitrogen and oxygen atoms in total. The van der Waals surface area contributed by atoms with Crippen molar-refractivity contribution < 1.29 is 14.0 Å². The van der Waals surface area contributed by atoms with Gasteiger partial charge < -0.3 is 14.1 Å². The Hall–Kier alpha value is -3.67. The third kappa shape index (κ3) is 8.49. The molecule has 0 radical (unpaired) electrons. The molecular weight excluding hydrogens is 559 g/mol. The van der Waals surface area contributed by atoms with Gasteiger partial charge in [0.2, 0.25) is 0 Å². The van der Waals surface area contributed by atoms with E-state index in [1.54, 1.807) is 0 Å². The molecule has 232 valence electrons. The Morgan fingerprint density at radius 2 is 1.30 bits per heavy atom. The molecular formula is C39H49NO3Si. The van der Waals surface area contributed by atoms with Crippen molar-refractivity contribution in [2.24, 2.45) is 0 Å². The molecule has 0 fully saturated rings. The second kappa shape index (κ2) is 16.4. The molecule has 0 saturated carbocycles. The molecule has 4 aromatic carbocycles. The molecule has 0 aliphatic heterocycles. The van der Waals surface area contributed by atoms with E-state index in [9.17, 15) is 4.79 Å². The van der Waals surface area contributed by atoms with E-state index in [1.165, 1.54) is 23.2 Å². The van der Waals surface area contributed by atoms with Crippen LogP contribution >= 0.6 is 0 Å². The first kappa shape index (κ1) is 33.2. The average molecular weight is 608 g/mol. The zero-order valence-corrected chi connectivity index (χ0v) is 28.0. The van der Waals surface area contributed by atoms with Gasteiger partial charge in [0.15, 0.2) is 6.29 Å². The van der Waals surface area contributed by atoms with Crippen LogP contribution < -0.4 is 20.0 Å². The maximum Gasteiger partial charge on any atom is 0.261 e. The minimum atomic E-state index is -2.53. The number of benzene rings is 4. The van der Waals surface area contributed by atoms with Crippen molar-refractivity contribution in [3.05, 3.63) is 120 Å². The highest BCUT2D eigenvalue weighted by Gasteiger charge is 2.49. The number of hydrogen-bond donors (Lipinski definition) is 0. The van der Waals surface area contributed by atoms with E-state index in [-0.39, 0.29) is 5.04 Å². The van der Waals surface area contributed by atoms with Crippen LogP contribution in [0.25, 0.3) is 0 Å². The molecule has 5 heteroatoms. The van der Waals surface area contributed by atoms with Gasteiger partial charge in [0.25, 0.3) is 8.32 Å². The number of unbranched alkanes of at least 4 members (excludes halogenated alkanes) is 3. The zero-order chi connectivity index (χ0) is 31.3. The Labute approximate surface area is 266 Å². The number of nitrogens with zero attached hydrogens (tertiary/aromatic N) is 1.